The molecule has 2 N–H and O–H groups in total. The largest absolute Gasteiger partial charge is 0.376 e. The maximum absolute atomic E-state index is 5.80. The van der Waals surface area contributed by atoms with Crippen molar-refractivity contribution in [1.29, 1.82) is 0 Å². The second-order valence-corrected chi connectivity index (χ2v) is 4.14. The Hall–Kier alpha value is -0.120. The van der Waals surface area contributed by atoms with E-state index in [1.54, 1.807) is 0 Å². The summed E-state index contributed by atoms with van der Waals surface area (Å²) in [7, 11) is 0. The van der Waals surface area contributed by atoms with Crippen LogP contribution in [0.15, 0.2) is 0 Å². The van der Waals surface area contributed by atoms with Crippen LogP contribution in [0.4, 0.5) is 0 Å². The summed E-state index contributed by atoms with van der Waals surface area (Å²) in [6, 6.07) is 0.835. The van der Waals surface area contributed by atoms with Crippen LogP contribution in [0, 0.1) is 0 Å². The molecule has 3 heteroatoms. The lowest BCUT2D eigenvalue weighted by atomic mass is 10.1. The molecule has 0 bridgehead atoms. The van der Waals surface area contributed by atoms with Gasteiger partial charge in [0.05, 0.1) is 12.7 Å². The van der Waals surface area contributed by atoms with Crippen LogP contribution in [0.1, 0.15) is 27.2 Å². The quantitative estimate of drug-likeness (QED) is 0.709. The van der Waals surface area contributed by atoms with Gasteiger partial charge in [-0.1, -0.05) is 6.92 Å². The molecule has 1 heterocycles. The molecule has 0 spiro atoms. The van der Waals surface area contributed by atoms with E-state index in [-0.39, 0.29) is 6.04 Å². The number of hydrogen-bond donors (Lipinski definition) is 1. The van der Waals surface area contributed by atoms with Crippen molar-refractivity contribution in [3.63, 3.8) is 0 Å². The van der Waals surface area contributed by atoms with E-state index >= 15 is 0 Å². The first-order valence-corrected chi connectivity index (χ1v) is 5.24. The Labute approximate surface area is 81.2 Å². The highest BCUT2D eigenvalue weighted by molar-refractivity contribution is 4.79. The van der Waals surface area contributed by atoms with Crippen molar-refractivity contribution in [2.24, 2.45) is 5.73 Å². The third kappa shape index (κ3) is 3.25. The molecule has 0 aromatic heterocycles. The second-order valence-electron chi connectivity index (χ2n) is 4.14. The smallest absolute Gasteiger partial charge is 0.0674 e. The minimum atomic E-state index is 0.263. The van der Waals surface area contributed by atoms with Crippen molar-refractivity contribution in [2.75, 3.05) is 19.7 Å². The fraction of sp³-hybridized carbons (Fsp3) is 1.00. The minimum absolute atomic E-state index is 0.263. The average molecular weight is 186 g/mol. The van der Waals surface area contributed by atoms with Crippen molar-refractivity contribution >= 4 is 0 Å². The van der Waals surface area contributed by atoms with Crippen LogP contribution < -0.4 is 5.73 Å². The Kier molecular flexibility index (Phi) is 4.16. The van der Waals surface area contributed by atoms with E-state index in [2.05, 4.69) is 25.7 Å². The molecule has 0 aromatic carbocycles. The fourth-order valence-electron chi connectivity index (χ4n) is 1.88. The van der Waals surface area contributed by atoms with E-state index in [4.69, 9.17) is 10.5 Å². The fourth-order valence-corrected chi connectivity index (χ4v) is 1.88. The zero-order valence-corrected chi connectivity index (χ0v) is 8.99. The minimum Gasteiger partial charge on any atom is -0.376 e. The molecular weight excluding hydrogens is 164 g/mol. The summed E-state index contributed by atoms with van der Waals surface area (Å²) in [5.41, 5.74) is 5.80. The van der Waals surface area contributed by atoms with Crippen LogP contribution >= 0.6 is 0 Å². The van der Waals surface area contributed by atoms with Crippen molar-refractivity contribution in [3.8, 4) is 0 Å². The van der Waals surface area contributed by atoms with E-state index in [9.17, 15) is 0 Å². The molecule has 3 unspecified atom stereocenters. The van der Waals surface area contributed by atoms with E-state index in [0.717, 1.165) is 26.1 Å². The number of nitrogens with two attached hydrogens (primary N) is 1. The SMILES string of the molecule is CCC1COC(C)CN1CC(C)N. The first-order chi connectivity index (χ1) is 6.13. The van der Waals surface area contributed by atoms with Crippen molar-refractivity contribution in [2.45, 2.75) is 45.4 Å². The number of ether oxygens (including phenoxy) is 1. The Bertz CT molecular complexity index is 148. The van der Waals surface area contributed by atoms with Crippen molar-refractivity contribution < 1.29 is 4.74 Å². The van der Waals surface area contributed by atoms with Gasteiger partial charge < -0.3 is 10.5 Å². The molecule has 0 radical (unpaired) electrons. The molecule has 1 aliphatic heterocycles. The number of morpholine rings is 1. The Morgan fingerprint density at radius 1 is 1.62 bits per heavy atom. The highest BCUT2D eigenvalue weighted by Gasteiger charge is 2.25. The van der Waals surface area contributed by atoms with Gasteiger partial charge in [0, 0.05) is 25.2 Å². The Morgan fingerprint density at radius 2 is 2.31 bits per heavy atom. The van der Waals surface area contributed by atoms with Gasteiger partial charge in [0.2, 0.25) is 0 Å². The van der Waals surface area contributed by atoms with Gasteiger partial charge in [-0.2, -0.15) is 0 Å². The molecule has 1 aliphatic rings. The summed E-state index contributed by atoms with van der Waals surface area (Å²) in [5.74, 6) is 0. The summed E-state index contributed by atoms with van der Waals surface area (Å²) >= 11 is 0. The molecule has 0 aromatic rings. The third-order valence-electron chi connectivity index (χ3n) is 2.57. The lowest BCUT2D eigenvalue weighted by Gasteiger charge is -2.39. The molecule has 0 saturated carbocycles. The molecule has 1 rings (SSSR count). The van der Waals surface area contributed by atoms with Gasteiger partial charge in [-0.15, -0.1) is 0 Å². The van der Waals surface area contributed by atoms with Gasteiger partial charge >= 0.3 is 0 Å². The van der Waals surface area contributed by atoms with Crippen LogP contribution in [0.3, 0.4) is 0 Å². The molecule has 0 amide bonds. The van der Waals surface area contributed by atoms with E-state index in [1.165, 1.54) is 0 Å². The predicted octanol–water partition coefficient (Wildman–Crippen LogP) is 0.833. The first-order valence-electron chi connectivity index (χ1n) is 5.24. The van der Waals surface area contributed by atoms with Crippen molar-refractivity contribution in [1.82, 2.24) is 4.90 Å². The zero-order chi connectivity index (χ0) is 9.84. The summed E-state index contributed by atoms with van der Waals surface area (Å²) < 4.78 is 5.61. The zero-order valence-electron chi connectivity index (χ0n) is 8.99. The van der Waals surface area contributed by atoms with Gasteiger partial charge in [0.1, 0.15) is 0 Å². The predicted molar refractivity (Wildman–Crippen MR) is 54.7 cm³/mol. The van der Waals surface area contributed by atoms with E-state index in [1.807, 2.05) is 0 Å². The maximum Gasteiger partial charge on any atom is 0.0674 e. The number of hydrogen-bond acceptors (Lipinski definition) is 3. The summed E-state index contributed by atoms with van der Waals surface area (Å²) in [5, 5.41) is 0. The van der Waals surface area contributed by atoms with Gasteiger partial charge in [0.25, 0.3) is 0 Å². The molecule has 78 valence electrons. The first kappa shape index (κ1) is 11.0. The summed E-state index contributed by atoms with van der Waals surface area (Å²) in [6.07, 6.45) is 1.51. The van der Waals surface area contributed by atoms with Crippen LogP contribution in [0.5, 0.6) is 0 Å². The number of nitrogens with zero attached hydrogens (tertiary/aromatic N) is 1. The molecule has 13 heavy (non-hydrogen) atoms. The van der Waals surface area contributed by atoms with Gasteiger partial charge in [-0.3, -0.25) is 4.90 Å². The van der Waals surface area contributed by atoms with Gasteiger partial charge in [0.15, 0.2) is 0 Å². The third-order valence-corrected chi connectivity index (χ3v) is 2.57. The van der Waals surface area contributed by atoms with E-state index in [0.29, 0.717) is 12.1 Å². The van der Waals surface area contributed by atoms with E-state index < -0.39 is 0 Å². The Balaban J connectivity index is 2.44. The highest BCUT2D eigenvalue weighted by Crippen LogP contribution is 2.14. The number of rotatable bonds is 3. The van der Waals surface area contributed by atoms with Gasteiger partial charge in [-0.25, -0.2) is 0 Å². The van der Waals surface area contributed by atoms with Crippen LogP contribution in [0.2, 0.25) is 0 Å². The van der Waals surface area contributed by atoms with Crippen LogP contribution in [0.25, 0.3) is 0 Å². The maximum atomic E-state index is 5.80. The lowest BCUT2D eigenvalue weighted by Crippen LogP contribution is -2.51. The monoisotopic (exact) mass is 186 g/mol. The second kappa shape index (κ2) is 4.94. The van der Waals surface area contributed by atoms with Crippen LogP contribution in [-0.4, -0.2) is 42.8 Å². The Morgan fingerprint density at radius 3 is 2.85 bits per heavy atom. The molecule has 0 aliphatic carbocycles. The molecule has 3 nitrogen and oxygen atoms in total. The lowest BCUT2D eigenvalue weighted by molar-refractivity contribution is -0.0568. The molecule has 3 atom stereocenters. The topological polar surface area (TPSA) is 38.5 Å². The normalized spacial score (nSPS) is 33.2. The summed E-state index contributed by atoms with van der Waals surface area (Å²) in [6.45, 7) is 9.28. The van der Waals surface area contributed by atoms with Gasteiger partial charge in [-0.05, 0) is 20.3 Å². The standard InChI is InChI=1S/C10H22N2O/c1-4-10-7-13-9(3)6-12(10)5-8(2)11/h8-10H,4-7,11H2,1-3H3. The molecular formula is C10H22N2O. The van der Waals surface area contributed by atoms with Crippen LogP contribution in [-0.2, 0) is 4.74 Å². The molecule has 1 saturated heterocycles. The molecule has 1 fully saturated rings. The summed E-state index contributed by atoms with van der Waals surface area (Å²) in [4.78, 5) is 2.46. The van der Waals surface area contributed by atoms with Crippen molar-refractivity contribution in [3.05, 3.63) is 0 Å². The highest BCUT2D eigenvalue weighted by atomic mass is 16.5. The average Bonchev–Trinajstić information content (AvgIpc) is 2.03.